The van der Waals surface area contributed by atoms with Crippen molar-refractivity contribution in [1.29, 1.82) is 0 Å². The fourth-order valence-electron chi connectivity index (χ4n) is 2.94. The number of nitrogens with one attached hydrogen (secondary N) is 1. The molecule has 1 fully saturated rings. The van der Waals surface area contributed by atoms with Gasteiger partial charge in [0.05, 0.1) is 17.1 Å². The maximum Gasteiger partial charge on any atom is 0.258 e. The first-order chi connectivity index (χ1) is 12.9. The fourth-order valence-corrected chi connectivity index (χ4v) is 3.18. The highest BCUT2D eigenvalue weighted by Crippen LogP contribution is 2.21. The van der Waals surface area contributed by atoms with Crippen LogP contribution < -0.4 is 5.32 Å². The summed E-state index contributed by atoms with van der Waals surface area (Å²) < 4.78 is 27.1. The second-order valence-corrected chi connectivity index (χ2v) is 6.63. The van der Waals surface area contributed by atoms with Gasteiger partial charge in [-0.3, -0.25) is 14.5 Å². The molecular weight excluding hydrogens is 376 g/mol. The highest BCUT2D eigenvalue weighted by Gasteiger charge is 2.26. The number of rotatable bonds is 4. The van der Waals surface area contributed by atoms with Crippen molar-refractivity contribution in [3.63, 3.8) is 0 Å². The molecule has 2 aromatic carbocycles. The third-order valence-electron chi connectivity index (χ3n) is 4.31. The first kappa shape index (κ1) is 19.3. The van der Waals surface area contributed by atoms with E-state index in [1.807, 2.05) is 4.90 Å². The summed E-state index contributed by atoms with van der Waals surface area (Å²) in [5.41, 5.74) is 0.263. The Labute approximate surface area is 160 Å². The van der Waals surface area contributed by atoms with E-state index in [0.29, 0.717) is 31.9 Å². The van der Waals surface area contributed by atoms with E-state index in [1.54, 1.807) is 6.07 Å². The summed E-state index contributed by atoms with van der Waals surface area (Å²) in [7, 11) is 0. The molecule has 2 amide bonds. The zero-order chi connectivity index (χ0) is 19.4. The SMILES string of the molecule is O=C(CN1CCN(C(=O)c2c(F)cccc2Cl)CC1)Nc1cccc(F)c1. The molecule has 142 valence electrons. The summed E-state index contributed by atoms with van der Waals surface area (Å²) in [4.78, 5) is 28.0. The number of benzene rings is 2. The molecule has 0 saturated carbocycles. The topological polar surface area (TPSA) is 52.7 Å². The minimum Gasteiger partial charge on any atom is -0.336 e. The molecule has 0 spiro atoms. The van der Waals surface area contributed by atoms with Crippen LogP contribution in [0.2, 0.25) is 5.02 Å². The normalized spacial score (nSPS) is 14.9. The molecule has 2 aromatic rings. The van der Waals surface area contributed by atoms with Gasteiger partial charge in [0.25, 0.3) is 5.91 Å². The lowest BCUT2D eigenvalue weighted by atomic mass is 10.1. The van der Waals surface area contributed by atoms with Crippen molar-refractivity contribution in [2.24, 2.45) is 0 Å². The van der Waals surface area contributed by atoms with Gasteiger partial charge >= 0.3 is 0 Å². The fraction of sp³-hybridized carbons (Fsp3) is 0.263. The molecule has 1 heterocycles. The molecular formula is C19H18ClF2N3O2. The van der Waals surface area contributed by atoms with Crippen molar-refractivity contribution in [1.82, 2.24) is 9.80 Å². The molecule has 0 radical (unpaired) electrons. The number of halogens is 3. The lowest BCUT2D eigenvalue weighted by molar-refractivity contribution is -0.117. The number of carbonyl (C=O) groups excluding carboxylic acids is 2. The van der Waals surface area contributed by atoms with Gasteiger partial charge in [0.15, 0.2) is 0 Å². The van der Waals surface area contributed by atoms with Gasteiger partial charge in [-0.1, -0.05) is 23.7 Å². The Morgan fingerprint density at radius 1 is 1.04 bits per heavy atom. The second kappa shape index (κ2) is 8.45. The van der Waals surface area contributed by atoms with E-state index in [9.17, 15) is 18.4 Å². The van der Waals surface area contributed by atoms with Crippen LogP contribution in [0, 0.1) is 11.6 Å². The number of hydrogen-bond donors (Lipinski definition) is 1. The third kappa shape index (κ3) is 4.81. The van der Waals surface area contributed by atoms with E-state index >= 15 is 0 Å². The monoisotopic (exact) mass is 393 g/mol. The molecule has 0 aliphatic carbocycles. The second-order valence-electron chi connectivity index (χ2n) is 6.22. The van der Waals surface area contributed by atoms with Gasteiger partial charge in [-0.2, -0.15) is 0 Å². The number of anilines is 1. The van der Waals surface area contributed by atoms with Crippen molar-refractivity contribution in [2.75, 3.05) is 38.0 Å². The molecule has 1 aliphatic rings. The summed E-state index contributed by atoms with van der Waals surface area (Å²) in [5, 5.41) is 2.72. The molecule has 0 bridgehead atoms. The predicted molar refractivity (Wildman–Crippen MR) is 98.8 cm³/mol. The largest absolute Gasteiger partial charge is 0.336 e. The van der Waals surface area contributed by atoms with Crippen LogP contribution in [0.1, 0.15) is 10.4 Å². The third-order valence-corrected chi connectivity index (χ3v) is 4.63. The zero-order valence-electron chi connectivity index (χ0n) is 14.4. The molecule has 0 aromatic heterocycles. The van der Waals surface area contributed by atoms with Gasteiger partial charge in [-0.25, -0.2) is 8.78 Å². The molecule has 0 unspecified atom stereocenters. The smallest absolute Gasteiger partial charge is 0.258 e. The van der Waals surface area contributed by atoms with Gasteiger partial charge in [-0.05, 0) is 30.3 Å². The zero-order valence-corrected chi connectivity index (χ0v) is 15.2. The summed E-state index contributed by atoms with van der Waals surface area (Å²) in [5.74, 6) is -1.80. The van der Waals surface area contributed by atoms with Crippen LogP contribution in [0.15, 0.2) is 42.5 Å². The maximum absolute atomic E-state index is 13.9. The van der Waals surface area contributed by atoms with Gasteiger partial charge in [0.2, 0.25) is 5.91 Å². The van der Waals surface area contributed by atoms with Crippen LogP contribution in [0.5, 0.6) is 0 Å². The van der Waals surface area contributed by atoms with Crippen LogP contribution in [-0.2, 0) is 4.79 Å². The van der Waals surface area contributed by atoms with Crippen molar-refractivity contribution >= 4 is 29.1 Å². The Morgan fingerprint density at radius 3 is 2.41 bits per heavy atom. The van der Waals surface area contributed by atoms with E-state index in [2.05, 4.69) is 5.32 Å². The molecule has 1 N–H and O–H groups in total. The molecule has 27 heavy (non-hydrogen) atoms. The van der Waals surface area contributed by atoms with Gasteiger partial charge in [0, 0.05) is 31.9 Å². The van der Waals surface area contributed by atoms with Crippen LogP contribution in [0.4, 0.5) is 14.5 Å². The molecule has 8 heteroatoms. The summed E-state index contributed by atoms with van der Waals surface area (Å²) in [6, 6.07) is 9.79. The van der Waals surface area contributed by atoms with Crippen molar-refractivity contribution in [3.8, 4) is 0 Å². The van der Waals surface area contributed by atoms with Crippen LogP contribution >= 0.6 is 11.6 Å². The maximum atomic E-state index is 13.9. The van der Waals surface area contributed by atoms with Crippen molar-refractivity contribution in [2.45, 2.75) is 0 Å². The lowest BCUT2D eigenvalue weighted by Gasteiger charge is -2.34. The minimum atomic E-state index is -0.649. The molecule has 1 saturated heterocycles. The molecule has 1 aliphatic heterocycles. The summed E-state index contributed by atoms with van der Waals surface area (Å²) in [6.07, 6.45) is 0. The highest BCUT2D eigenvalue weighted by molar-refractivity contribution is 6.33. The quantitative estimate of drug-likeness (QED) is 0.868. The minimum absolute atomic E-state index is 0.0805. The summed E-state index contributed by atoms with van der Waals surface area (Å²) >= 11 is 5.95. The average molecular weight is 394 g/mol. The van der Waals surface area contributed by atoms with Crippen LogP contribution in [-0.4, -0.2) is 54.3 Å². The first-order valence-corrected chi connectivity index (χ1v) is 8.83. The molecule has 3 rings (SSSR count). The Balaban J connectivity index is 1.53. The Bertz CT molecular complexity index is 834. The van der Waals surface area contributed by atoms with Crippen molar-refractivity contribution in [3.05, 3.63) is 64.7 Å². The van der Waals surface area contributed by atoms with Crippen molar-refractivity contribution < 1.29 is 18.4 Å². The lowest BCUT2D eigenvalue weighted by Crippen LogP contribution is -2.50. The van der Waals surface area contributed by atoms with Gasteiger partial charge in [0.1, 0.15) is 11.6 Å². The number of carbonyl (C=O) groups is 2. The Hall–Kier alpha value is -2.51. The van der Waals surface area contributed by atoms with E-state index < -0.39 is 17.5 Å². The van der Waals surface area contributed by atoms with Crippen LogP contribution in [0.25, 0.3) is 0 Å². The molecule has 5 nitrogen and oxygen atoms in total. The van der Waals surface area contributed by atoms with E-state index in [4.69, 9.17) is 11.6 Å². The standard InChI is InChI=1S/C19H18ClF2N3O2/c20-15-5-2-6-16(22)18(15)19(27)25-9-7-24(8-10-25)12-17(26)23-14-4-1-3-13(21)11-14/h1-6,11H,7-10,12H2,(H,23,26). The number of nitrogens with zero attached hydrogens (tertiary/aromatic N) is 2. The highest BCUT2D eigenvalue weighted by atomic mass is 35.5. The number of amides is 2. The van der Waals surface area contributed by atoms with Crippen LogP contribution in [0.3, 0.4) is 0 Å². The Kier molecular flexibility index (Phi) is 6.03. The number of piperazine rings is 1. The number of hydrogen-bond acceptors (Lipinski definition) is 3. The predicted octanol–water partition coefficient (Wildman–Crippen LogP) is 3.01. The summed E-state index contributed by atoms with van der Waals surface area (Å²) in [6.45, 7) is 1.77. The van der Waals surface area contributed by atoms with Gasteiger partial charge < -0.3 is 10.2 Å². The average Bonchev–Trinajstić information content (AvgIpc) is 2.62. The molecule has 0 atom stereocenters. The Morgan fingerprint density at radius 2 is 1.74 bits per heavy atom. The van der Waals surface area contributed by atoms with Gasteiger partial charge in [-0.15, -0.1) is 0 Å². The van der Waals surface area contributed by atoms with E-state index in [0.717, 1.165) is 0 Å². The van der Waals surface area contributed by atoms with E-state index in [-0.39, 0.29) is 23.0 Å². The first-order valence-electron chi connectivity index (χ1n) is 8.45. The van der Waals surface area contributed by atoms with E-state index in [1.165, 1.54) is 41.3 Å².